The summed E-state index contributed by atoms with van der Waals surface area (Å²) in [6.45, 7) is 1.27. The Morgan fingerprint density at radius 2 is 1.55 bits per heavy atom. The van der Waals surface area contributed by atoms with Crippen LogP contribution >= 0.6 is 0 Å². The number of fused-ring (bicyclic) bond motifs is 1. The van der Waals surface area contributed by atoms with Gasteiger partial charge in [-0.1, -0.05) is 36.4 Å². The molecule has 1 aromatic rings. The summed E-state index contributed by atoms with van der Waals surface area (Å²) < 4.78 is 0. The van der Waals surface area contributed by atoms with Gasteiger partial charge in [-0.2, -0.15) is 5.48 Å². The van der Waals surface area contributed by atoms with Crippen molar-refractivity contribution in [1.29, 1.82) is 0 Å². The number of carboxylic acids is 1. The summed E-state index contributed by atoms with van der Waals surface area (Å²) in [6.07, 6.45) is 0. The molecular weight excluding hydrogens is 258 g/mol. The molecule has 0 aromatic heterocycles. The first kappa shape index (κ1) is 13.6. The van der Waals surface area contributed by atoms with Crippen LogP contribution in [0.15, 0.2) is 48.5 Å². The van der Waals surface area contributed by atoms with Crippen molar-refractivity contribution in [3.8, 4) is 16.9 Å². The molecular formula is C15H13NO4. The Balaban J connectivity index is 0.000000198. The number of benzene rings is 2. The van der Waals surface area contributed by atoms with Crippen LogP contribution in [-0.2, 0) is 4.79 Å². The highest BCUT2D eigenvalue weighted by molar-refractivity contribution is 5.90. The summed E-state index contributed by atoms with van der Waals surface area (Å²) in [4.78, 5) is 26.0. The molecule has 0 unspecified atom stereocenters. The first-order valence-corrected chi connectivity index (χ1v) is 5.94. The number of nitrogens with one attached hydrogen (secondary N) is 1. The molecule has 0 saturated heterocycles. The molecule has 2 aliphatic rings. The lowest BCUT2D eigenvalue weighted by molar-refractivity contribution is -0.125. The second kappa shape index (κ2) is 5.88. The number of carbonyl (C=O) groups is 2. The molecule has 0 radical (unpaired) electrons. The maximum absolute atomic E-state index is 10.7. The van der Waals surface area contributed by atoms with Gasteiger partial charge in [-0.25, -0.2) is 4.79 Å². The average Bonchev–Trinajstić information content (AvgIpc) is 2.41. The van der Waals surface area contributed by atoms with Gasteiger partial charge in [-0.15, -0.1) is 0 Å². The van der Waals surface area contributed by atoms with Crippen LogP contribution in [0.2, 0.25) is 0 Å². The second-order valence-electron chi connectivity index (χ2n) is 4.14. The van der Waals surface area contributed by atoms with E-state index in [0.717, 1.165) is 0 Å². The normalized spacial score (nSPS) is 9.85. The van der Waals surface area contributed by atoms with Crippen LogP contribution in [0.5, 0.6) is 5.75 Å². The van der Waals surface area contributed by atoms with Gasteiger partial charge < -0.3 is 9.94 Å². The predicted molar refractivity (Wildman–Crippen MR) is 73.3 cm³/mol. The third kappa shape index (κ3) is 3.14. The second-order valence-corrected chi connectivity index (χ2v) is 4.14. The molecule has 20 heavy (non-hydrogen) atoms. The smallest absolute Gasteiger partial charge is 0.339 e. The van der Waals surface area contributed by atoms with E-state index >= 15 is 0 Å². The Labute approximate surface area is 115 Å². The van der Waals surface area contributed by atoms with Crippen molar-refractivity contribution < 1.29 is 19.5 Å². The van der Waals surface area contributed by atoms with Gasteiger partial charge in [0.15, 0.2) is 5.75 Å². The number of carbonyl (C=O) groups excluding carboxylic acids is 1. The number of aromatic carboxylic acids is 1. The molecule has 102 valence electrons. The topological polar surface area (TPSA) is 75.6 Å². The minimum atomic E-state index is -1.11. The summed E-state index contributed by atoms with van der Waals surface area (Å²) in [5.41, 5.74) is 4.91. The average molecular weight is 271 g/mol. The largest absolute Gasteiger partial charge is 0.478 e. The van der Waals surface area contributed by atoms with Crippen LogP contribution in [0.25, 0.3) is 11.1 Å². The number of hydrogen-bond donors (Lipinski definition) is 2. The lowest BCUT2D eigenvalue weighted by Gasteiger charge is -2.10. The maximum Gasteiger partial charge on any atom is 0.339 e. The van der Waals surface area contributed by atoms with Crippen molar-refractivity contribution in [1.82, 2.24) is 5.48 Å². The molecule has 0 fully saturated rings. The van der Waals surface area contributed by atoms with Crippen molar-refractivity contribution in [2.45, 2.75) is 6.92 Å². The first-order valence-electron chi connectivity index (χ1n) is 5.94. The van der Waals surface area contributed by atoms with Crippen LogP contribution in [0.1, 0.15) is 17.3 Å². The monoisotopic (exact) mass is 271 g/mol. The van der Waals surface area contributed by atoms with Crippen molar-refractivity contribution in [2.24, 2.45) is 0 Å². The molecule has 5 nitrogen and oxygen atoms in total. The molecule has 0 spiro atoms. The van der Waals surface area contributed by atoms with Crippen molar-refractivity contribution in [3.05, 3.63) is 54.1 Å². The predicted octanol–water partition coefficient (Wildman–Crippen LogP) is 2.48. The molecule has 0 bridgehead atoms. The molecule has 2 N–H and O–H groups in total. The molecule has 2 aliphatic carbocycles. The van der Waals surface area contributed by atoms with Crippen molar-refractivity contribution >= 4 is 11.9 Å². The fourth-order valence-electron chi connectivity index (χ4n) is 1.52. The van der Waals surface area contributed by atoms with E-state index in [-0.39, 0.29) is 11.3 Å². The number of carboxylic acid groups (broad SMARTS) is 1. The Hall–Kier alpha value is -2.82. The van der Waals surface area contributed by atoms with Gasteiger partial charge >= 0.3 is 5.97 Å². The standard InChI is InChI=1S/C9H9NO4.C6H4/c1-6(11)10-14-8-5-3-2-4-7(8)9(12)13;1-2-6-4-3-5(1)6/h2-5H,1H3,(H,10,11)(H,12,13);1-4H. The molecule has 5 heteroatoms. The van der Waals surface area contributed by atoms with E-state index in [2.05, 4.69) is 29.7 Å². The van der Waals surface area contributed by atoms with Crippen molar-refractivity contribution in [3.63, 3.8) is 0 Å². The van der Waals surface area contributed by atoms with Crippen LogP contribution in [-0.4, -0.2) is 17.0 Å². The van der Waals surface area contributed by atoms with E-state index in [4.69, 9.17) is 9.94 Å². The Morgan fingerprint density at radius 1 is 1.00 bits per heavy atom. The minimum Gasteiger partial charge on any atom is -0.478 e. The lowest BCUT2D eigenvalue weighted by atomic mass is 9.95. The third-order valence-electron chi connectivity index (χ3n) is 2.64. The highest BCUT2D eigenvalue weighted by Crippen LogP contribution is 2.29. The Bertz CT molecular complexity index is 614. The van der Waals surface area contributed by atoms with Crippen LogP contribution in [0.4, 0.5) is 0 Å². The summed E-state index contributed by atoms with van der Waals surface area (Å²) in [5, 5.41) is 8.74. The van der Waals surface area contributed by atoms with E-state index in [1.54, 1.807) is 12.1 Å². The van der Waals surface area contributed by atoms with Gasteiger partial charge in [0.05, 0.1) is 0 Å². The quantitative estimate of drug-likeness (QED) is 0.717. The van der Waals surface area contributed by atoms with Gasteiger partial charge in [-0.3, -0.25) is 4.79 Å². The van der Waals surface area contributed by atoms with Crippen LogP contribution < -0.4 is 10.3 Å². The number of rotatable bonds is 3. The molecule has 0 saturated carbocycles. The van der Waals surface area contributed by atoms with Crippen molar-refractivity contribution in [2.75, 3.05) is 0 Å². The highest BCUT2D eigenvalue weighted by atomic mass is 16.7. The minimum absolute atomic E-state index is 0.00116. The molecule has 0 heterocycles. The molecule has 0 aliphatic heterocycles. The van der Waals surface area contributed by atoms with Gasteiger partial charge in [0.2, 0.25) is 5.91 Å². The zero-order valence-electron chi connectivity index (χ0n) is 10.8. The summed E-state index contributed by atoms with van der Waals surface area (Å²) in [5.74, 6) is -1.40. The first-order chi connectivity index (χ1) is 9.58. The van der Waals surface area contributed by atoms with Crippen LogP contribution in [0, 0.1) is 0 Å². The maximum atomic E-state index is 10.7. The van der Waals surface area contributed by atoms with Gasteiger partial charge in [0, 0.05) is 6.92 Å². The fraction of sp³-hybridized carbons (Fsp3) is 0.0667. The van der Waals surface area contributed by atoms with E-state index in [9.17, 15) is 9.59 Å². The zero-order valence-corrected chi connectivity index (χ0v) is 10.8. The van der Waals surface area contributed by atoms with E-state index in [1.165, 1.54) is 30.2 Å². The van der Waals surface area contributed by atoms with E-state index in [0.29, 0.717) is 0 Å². The van der Waals surface area contributed by atoms with E-state index < -0.39 is 11.9 Å². The number of amides is 1. The highest BCUT2D eigenvalue weighted by Gasteiger charge is 2.10. The molecule has 1 aromatic carbocycles. The summed E-state index contributed by atoms with van der Waals surface area (Å²) in [7, 11) is 0. The number of para-hydroxylation sites is 1. The number of hydrogen-bond acceptors (Lipinski definition) is 3. The lowest BCUT2D eigenvalue weighted by Crippen LogP contribution is -2.24. The van der Waals surface area contributed by atoms with Gasteiger partial charge in [0.25, 0.3) is 0 Å². The SMILES string of the molecule is CC(=O)NOc1ccccc1C(=O)O.c1cc2ccc1-2. The van der Waals surface area contributed by atoms with Gasteiger partial charge in [-0.05, 0) is 23.3 Å². The van der Waals surface area contributed by atoms with Gasteiger partial charge in [0.1, 0.15) is 5.56 Å². The summed E-state index contributed by atoms with van der Waals surface area (Å²) >= 11 is 0. The van der Waals surface area contributed by atoms with E-state index in [1.807, 2.05) is 0 Å². The molecule has 0 atom stereocenters. The molecule has 1 amide bonds. The van der Waals surface area contributed by atoms with Crippen LogP contribution in [0.3, 0.4) is 0 Å². The molecule has 3 rings (SSSR count). The zero-order chi connectivity index (χ0) is 14.5. The Morgan fingerprint density at radius 3 is 1.95 bits per heavy atom. The number of hydroxylamine groups is 1. The fourth-order valence-corrected chi connectivity index (χ4v) is 1.52. The summed E-state index contributed by atoms with van der Waals surface area (Å²) in [6, 6.07) is 14.5. The third-order valence-corrected chi connectivity index (χ3v) is 2.64. The Kier molecular flexibility index (Phi) is 4.00.